The van der Waals surface area contributed by atoms with E-state index in [-0.39, 0.29) is 4.90 Å². The van der Waals surface area contributed by atoms with Gasteiger partial charge in [0, 0.05) is 10.2 Å². The number of sulfonamides is 1. The summed E-state index contributed by atoms with van der Waals surface area (Å²) < 4.78 is 27.3. The lowest BCUT2D eigenvalue weighted by atomic mass is 10.2. The number of rotatable bonds is 3. The molecule has 0 fully saturated rings. The van der Waals surface area contributed by atoms with Gasteiger partial charge in [-0.3, -0.25) is 4.72 Å². The molecule has 0 atom stereocenters. The molecule has 7 heteroatoms. The zero-order valence-corrected chi connectivity index (χ0v) is 12.6. The highest BCUT2D eigenvalue weighted by atomic mass is 79.9. The molecule has 0 saturated heterocycles. The Morgan fingerprint density at radius 3 is 2.60 bits per heavy atom. The lowest BCUT2D eigenvalue weighted by Crippen LogP contribution is -2.13. The highest BCUT2D eigenvalue weighted by molar-refractivity contribution is 9.10. The molecule has 2 aromatic rings. The van der Waals surface area contributed by atoms with Crippen molar-refractivity contribution in [3.63, 3.8) is 0 Å². The fourth-order valence-electron chi connectivity index (χ4n) is 1.60. The average Bonchev–Trinajstić information content (AvgIpc) is 2.37. The Hall–Kier alpha value is -2.04. The molecule has 3 N–H and O–H groups in total. The molecule has 5 nitrogen and oxygen atoms in total. The van der Waals surface area contributed by atoms with E-state index in [0.717, 1.165) is 0 Å². The predicted molar refractivity (Wildman–Crippen MR) is 80.5 cm³/mol. The molecule has 0 amide bonds. The van der Waals surface area contributed by atoms with Crippen LogP contribution in [0.3, 0.4) is 0 Å². The minimum absolute atomic E-state index is 0.0778. The summed E-state index contributed by atoms with van der Waals surface area (Å²) >= 11 is 3.17. The van der Waals surface area contributed by atoms with Crippen molar-refractivity contribution in [1.82, 2.24) is 0 Å². The van der Waals surface area contributed by atoms with Crippen molar-refractivity contribution in [1.29, 1.82) is 5.26 Å². The summed E-state index contributed by atoms with van der Waals surface area (Å²) in [4.78, 5) is 0.0778. The van der Waals surface area contributed by atoms with E-state index in [1.807, 2.05) is 6.07 Å². The Morgan fingerprint density at radius 1 is 1.20 bits per heavy atom. The summed E-state index contributed by atoms with van der Waals surface area (Å²) in [5.41, 5.74) is 6.74. The second-order valence-corrected chi connectivity index (χ2v) is 6.49. The maximum Gasteiger partial charge on any atom is 0.263 e. The smallest absolute Gasteiger partial charge is 0.263 e. The first-order valence-electron chi connectivity index (χ1n) is 5.50. The summed E-state index contributed by atoms with van der Waals surface area (Å²) in [7, 11) is -3.75. The second-order valence-electron chi connectivity index (χ2n) is 3.99. The Labute approximate surface area is 125 Å². The third kappa shape index (κ3) is 3.10. The molecule has 0 aliphatic heterocycles. The van der Waals surface area contributed by atoms with Crippen LogP contribution >= 0.6 is 15.9 Å². The number of nitrogen functional groups attached to an aromatic ring is 1. The number of nitrogens with one attached hydrogen (secondary N) is 1. The number of anilines is 2. The van der Waals surface area contributed by atoms with Crippen LogP contribution in [-0.2, 0) is 10.0 Å². The van der Waals surface area contributed by atoms with Gasteiger partial charge in [-0.25, -0.2) is 8.42 Å². The molecule has 0 aliphatic carbocycles. The number of benzene rings is 2. The molecule has 2 rings (SSSR count). The lowest BCUT2D eigenvalue weighted by molar-refractivity contribution is 0.601. The van der Waals surface area contributed by atoms with Gasteiger partial charge in [0.2, 0.25) is 0 Å². The minimum Gasteiger partial charge on any atom is -0.399 e. The van der Waals surface area contributed by atoms with Crippen LogP contribution < -0.4 is 10.5 Å². The third-order valence-corrected chi connectivity index (χ3v) is 4.85. The molecule has 0 radical (unpaired) electrons. The Bertz CT molecular complexity index is 798. The van der Waals surface area contributed by atoms with Gasteiger partial charge in [-0.1, -0.05) is 6.07 Å². The first kappa shape index (κ1) is 14.4. The van der Waals surface area contributed by atoms with Gasteiger partial charge < -0.3 is 5.73 Å². The highest BCUT2D eigenvalue weighted by Crippen LogP contribution is 2.26. The van der Waals surface area contributed by atoms with Gasteiger partial charge in [-0.2, -0.15) is 5.26 Å². The zero-order valence-electron chi connectivity index (χ0n) is 10.2. The number of nitrogens with two attached hydrogens (primary N) is 1. The number of nitriles is 1. The van der Waals surface area contributed by atoms with E-state index < -0.39 is 10.0 Å². The molecule has 0 heterocycles. The van der Waals surface area contributed by atoms with Crippen molar-refractivity contribution in [3.8, 4) is 6.07 Å². The van der Waals surface area contributed by atoms with Crippen LogP contribution in [0, 0.1) is 11.3 Å². The molecule has 20 heavy (non-hydrogen) atoms. The van der Waals surface area contributed by atoms with Gasteiger partial charge in [0.1, 0.15) is 4.90 Å². The molecule has 0 aromatic heterocycles. The van der Waals surface area contributed by atoms with Gasteiger partial charge in [0.15, 0.2) is 0 Å². The Morgan fingerprint density at radius 2 is 1.95 bits per heavy atom. The van der Waals surface area contributed by atoms with Crippen molar-refractivity contribution >= 4 is 37.3 Å². The number of hydrogen-bond acceptors (Lipinski definition) is 4. The van der Waals surface area contributed by atoms with Gasteiger partial charge in [-0.05, 0) is 52.3 Å². The first-order valence-corrected chi connectivity index (χ1v) is 7.78. The number of hydrogen-bond donors (Lipinski definition) is 2. The SMILES string of the molecule is N#Cc1cccc(NS(=O)(=O)c2ccc(N)cc2Br)c1. The normalized spacial score (nSPS) is 10.8. The predicted octanol–water partition coefficient (Wildman–Crippen LogP) is 2.70. The van der Waals surface area contributed by atoms with Crippen LogP contribution in [0.5, 0.6) is 0 Å². The minimum atomic E-state index is -3.75. The molecule has 0 bridgehead atoms. The molecular formula is C13H10BrN3O2S. The fraction of sp³-hybridized carbons (Fsp3) is 0. The van der Waals surface area contributed by atoms with Crippen molar-refractivity contribution in [2.24, 2.45) is 0 Å². The fourth-order valence-corrected chi connectivity index (χ4v) is 3.74. The highest BCUT2D eigenvalue weighted by Gasteiger charge is 2.17. The molecule has 0 spiro atoms. The van der Waals surface area contributed by atoms with Crippen molar-refractivity contribution in [2.75, 3.05) is 10.5 Å². The quantitative estimate of drug-likeness (QED) is 0.830. The van der Waals surface area contributed by atoms with Gasteiger partial charge in [0.25, 0.3) is 10.0 Å². The summed E-state index contributed by atoms with van der Waals surface area (Å²) in [5.74, 6) is 0. The van der Waals surface area contributed by atoms with E-state index in [4.69, 9.17) is 11.0 Å². The van der Waals surface area contributed by atoms with E-state index in [2.05, 4.69) is 20.7 Å². The largest absolute Gasteiger partial charge is 0.399 e. The van der Waals surface area contributed by atoms with E-state index in [1.165, 1.54) is 24.3 Å². The second kappa shape index (κ2) is 5.53. The van der Waals surface area contributed by atoms with Gasteiger partial charge >= 0.3 is 0 Å². The summed E-state index contributed by atoms with van der Waals surface area (Å²) in [6.45, 7) is 0. The van der Waals surface area contributed by atoms with E-state index >= 15 is 0 Å². The van der Waals surface area contributed by atoms with Crippen molar-refractivity contribution in [3.05, 3.63) is 52.5 Å². The summed E-state index contributed by atoms with van der Waals surface area (Å²) in [6, 6.07) is 12.6. The topological polar surface area (TPSA) is 96.0 Å². The standard InChI is InChI=1S/C13H10BrN3O2S/c14-12-7-10(16)4-5-13(12)20(18,19)17-11-3-1-2-9(6-11)8-15/h1-7,17H,16H2. The lowest BCUT2D eigenvalue weighted by Gasteiger charge is -2.10. The maximum atomic E-state index is 12.3. The van der Waals surface area contributed by atoms with Crippen LogP contribution in [0.25, 0.3) is 0 Å². The third-order valence-electron chi connectivity index (χ3n) is 2.49. The monoisotopic (exact) mass is 351 g/mol. The van der Waals surface area contributed by atoms with Crippen LogP contribution in [0.4, 0.5) is 11.4 Å². The first-order chi connectivity index (χ1) is 9.42. The van der Waals surface area contributed by atoms with Crippen LogP contribution in [0.15, 0.2) is 51.8 Å². The Balaban J connectivity index is 2.38. The van der Waals surface area contributed by atoms with Crippen LogP contribution in [-0.4, -0.2) is 8.42 Å². The average molecular weight is 352 g/mol. The van der Waals surface area contributed by atoms with Crippen LogP contribution in [0.2, 0.25) is 0 Å². The summed E-state index contributed by atoms with van der Waals surface area (Å²) in [6.07, 6.45) is 0. The molecule has 0 saturated carbocycles. The zero-order chi connectivity index (χ0) is 14.8. The van der Waals surface area contributed by atoms with E-state index in [1.54, 1.807) is 18.2 Å². The van der Waals surface area contributed by atoms with Crippen molar-refractivity contribution in [2.45, 2.75) is 4.90 Å². The molecule has 0 unspecified atom stereocenters. The Kier molecular flexibility index (Phi) is 3.97. The molecule has 2 aromatic carbocycles. The van der Waals surface area contributed by atoms with E-state index in [9.17, 15) is 8.42 Å². The maximum absolute atomic E-state index is 12.3. The van der Waals surface area contributed by atoms with E-state index in [0.29, 0.717) is 21.4 Å². The molecule has 102 valence electrons. The molecular weight excluding hydrogens is 342 g/mol. The van der Waals surface area contributed by atoms with Gasteiger partial charge in [0.05, 0.1) is 17.3 Å². The van der Waals surface area contributed by atoms with Crippen molar-refractivity contribution < 1.29 is 8.42 Å². The number of halogens is 1. The van der Waals surface area contributed by atoms with Gasteiger partial charge in [-0.15, -0.1) is 0 Å². The van der Waals surface area contributed by atoms with Crippen LogP contribution in [0.1, 0.15) is 5.56 Å². The molecule has 0 aliphatic rings. The summed E-state index contributed by atoms with van der Waals surface area (Å²) in [5, 5.41) is 8.80. The number of nitrogens with zero attached hydrogens (tertiary/aromatic N) is 1.